The van der Waals surface area contributed by atoms with Crippen molar-refractivity contribution in [3.8, 4) is 0 Å². The number of benzene rings is 1. The first-order valence-corrected chi connectivity index (χ1v) is 9.23. The number of esters is 1. The first kappa shape index (κ1) is 20.8. The van der Waals surface area contributed by atoms with Gasteiger partial charge in [0.1, 0.15) is 10.6 Å². The largest absolute Gasteiger partial charge is 0.465 e. The lowest BCUT2D eigenvalue weighted by Gasteiger charge is -2.12. The van der Waals surface area contributed by atoms with Crippen LogP contribution in [-0.4, -0.2) is 18.2 Å². The number of ether oxygens (including phenoxy) is 1. The molecule has 6 nitrogen and oxygen atoms in total. The summed E-state index contributed by atoms with van der Waals surface area (Å²) in [5, 5.41) is 5.94. The van der Waals surface area contributed by atoms with Crippen LogP contribution in [0.15, 0.2) is 39.5 Å². The van der Waals surface area contributed by atoms with Crippen LogP contribution in [0.25, 0.3) is 11.0 Å². The predicted octanol–water partition coefficient (Wildman–Crippen LogP) is 4.78. The zero-order chi connectivity index (χ0) is 21.3. The monoisotopic (exact) mass is 442 g/mol. The third-order valence-electron chi connectivity index (χ3n) is 3.80. The SMILES string of the molecule is COC(=O)c1cc(C)sc1NC(=S)Nc1ccc2c(C(F)(F)F)cc(=O)oc2c1. The van der Waals surface area contributed by atoms with E-state index < -0.39 is 23.3 Å². The molecule has 2 heterocycles. The van der Waals surface area contributed by atoms with Gasteiger partial charge < -0.3 is 19.8 Å². The summed E-state index contributed by atoms with van der Waals surface area (Å²) in [5.74, 6) is -0.535. The highest BCUT2D eigenvalue weighted by molar-refractivity contribution is 7.80. The molecule has 1 aromatic carbocycles. The Bertz CT molecular complexity index is 1170. The Labute approximate surface area is 171 Å². The maximum atomic E-state index is 13.1. The van der Waals surface area contributed by atoms with Gasteiger partial charge in [0.2, 0.25) is 0 Å². The van der Waals surface area contributed by atoms with Crippen molar-refractivity contribution in [1.82, 2.24) is 0 Å². The molecule has 11 heteroatoms. The van der Waals surface area contributed by atoms with E-state index in [0.717, 1.165) is 4.88 Å². The van der Waals surface area contributed by atoms with Crippen LogP contribution < -0.4 is 16.3 Å². The third kappa shape index (κ3) is 4.57. The van der Waals surface area contributed by atoms with E-state index in [4.69, 9.17) is 21.4 Å². The van der Waals surface area contributed by atoms with Crippen LogP contribution in [0.3, 0.4) is 0 Å². The fourth-order valence-electron chi connectivity index (χ4n) is 2.61. The molecule has 2 aromatic heterocycles. The lowest BCUT2D eigenvalue weighted by molar-refractivity contribution is -0.136. The van der Waals surface area contributed by atoms with E-state index in [2.05, 4.69) is 10.6 Å². The summed E-state index contributed by atoms with van der Waals surface area (Å²) in [4.78, 5) is 24.2. The van der Waals surface area contributed by atoms with Crippen molar-refractivity contribution in [2.75, 3.05) is 17.7 Å². The maximum absolute atomic E-state index is 13.1. The fraction of sp³-hybridized carbons (Fsp3) is 0.167. The summed E-state index contributed by atoms with van der Waals surface area (Å²) in [6, 6.07) is 5.84. The van der Waals surface area contributed by atoms with Crippen LogP contribution in [0.5, 0.6) is 0 Å². The van der Waals surface area contributed by atoms with Crippen LogP contribution in [0.2, 0.25) is 0 Å². The smallest absolute Gasteiger partial charge is 0.417 e. The molecule has 0 bridgehead atoms. The van der Waals surface area contributed by atoms with E-state index in [0.29, 0.717) is 22.3 Å². The standard InChI is InChI=1S/C18H13F3N2O4S2/c1-8-5-11(16(25)26-2)15(29-8)23-17(28)22-9-3-4-10-12(18(19,20)21)7-14(24)27-13(10)6-9/h3-7H,1-2H3,(H2,22,23,28). The Kier molecular flexibility index (Phi) is 5.62. The lowest BCUT2D eigenvalue weighted by atomic mass is 10.1. The van der Waals surface area contributed by atoms with Gasteiger partial charge in [-0.05, 0) is 37.3 Å². The van der Waals surface area contributed by atoms with E-state index in [1.54, 1.807) is 6.07 Å². The summed E-state index contributed by atoms with van der Waals surface area (Å²) in [5.41, 5.74) is -1.82. The number of thiocarbonyl (C=S) groups is 1. The van der Waals surface area contributed by atoms with Crippen molar-refractivity contribution in [1.29, 1.82) is 0 Å². The van der Waals surface area contributed by atoms with Gasteiger partial charge in [0, 0.05) is 28.1 Å². The Morgan fingerprint density at radius 1 is 1.21 bits per heavy atom. The maximum Gasteiger partial charge on any atom is 0.417 e. The number of alkyl halides is 3. The first-order chi connectivity index (χ1) is 13.6. The molecule has 0 saturated carbocycles. The molecule has 0 atom stereocenters. The fourth-order valence-corrected chi connectivity index (χ4v) is 3.80. The second-order valence-electron chi connectivity index (χ2n) is 5.86. The van der Waals surface area contributed by atoms with Crippen LogP contribution >= 0.6 is 23.6 Å². The molecule has 3 rings (SSSR count). The predicted molar refractivity (Wildman–Crippen MR) is 108 cm³/mol. The van der Waals surface area contributed by atoms with Crippen molar-refractivity contribution >= 4 is 56.3 Å². The second-order valence-corrected chi connectivity index (χ2v) is 7.52. The van der Waals surface area contributed by atoms with Gasteiger partial charge >= 0.3 is 17.8 Å². The number of methoxy groups -OCH3 is 1. The summed E-state index contributed by atoms with van der Waals surface area (Å²) >= 11 is 6.49. The Morgan fingerprint density at radius 3 is 2.59 bits per heavy atom. The molecule has 0 aliphatic heterocycles. The van der Waals surface area contributed by atoms with Gasteiger partial charge in [-0.3, -0.25) is 0 Å². The summed E-state index contributed by atoms with van der Waals surface area (Å²) in [6.07, 6.45) is -4.69. The molecule has 0 unspecified atom stereocenters. The van der Waals surface area contributed by atoms with Crippen LogP contribution in [-0.2, 0) is 10.9 Å². The van der Waals surface area contributed by atoms with Crippen molar-refractivity contribution in [2.24, 2.45) is 0 Å². The topological polar surface area (TPSA) is 80.6 Å². The van der Waals surface area contributed by atoms with E-state index in [1.807, 2.05) is 6.92 Å². The number of carbonyl (C=O) groups excluding carboxylic acids is 1. The van der Waals surface area contributed by atoms with Gasteiger partial charge in [-0.15, -0.1) is 11.3 Å². The third-order valence-corrected chi connectivity index (χ3v) is 4.97. The number of hydrogen-bond acceptors (Lipinski definition) is 6. The average Bonchev–Trinajstić information content (AvgIpc) is 2.99. The molecule has 0 amide bonds. The number of carbonyl (C=O) groups is 1. The normalized spacial score (nSPS) is 11.3. The highest BCUT2D eigenvalue weighted by atomic mass is 32.1. The number of halogens is 3. The minimum absolute atomic E-state index is 0.0886. The quantitative estimate of drug-likeness (QED) is 0.343. The Morgan fingerprint density at radius 2 is 1.93 bits per heavy atom. The molecule has 0 saturated heterocycles. The van der Waals surface area contributed by atoms with E-state index in [-0.39, 0.29) is 16.1 Å². The Balaban J connectivity index is 1.87. The van der Waals surface area contributed by atoms with Crippen LogP contribution in [0, 0.1) is 6.92 Å². The van der Waals surface area contributed by atoms with Gasteiger partial charge in [-0.25, -0.2) is 9.59 Å². The number of hydrogen-bond donors (Lipinski definition) is 2. The molecule has 0 aliphatic carbocycles. The zero-order valence-electron chi connectivity index (χ0n) is 15.0. The van der Waals surface area contributed by atoms with E-state index >= 15 is 0 Å². The van der Waals surface area contributed by atoms with Crippen LogP contribution in [0.4, 0.5) is 23.9 Å². The molecule has 0 fully saturated rings. The molecule has 29 heavy (non-hydrogen) atoms. The van der Waals surface area contributed by atoms with E-state index in [9.17, 15) is 22.8 Å². The molecule has 2 N–H and O–H groups in total. The van der Waals surface area contributed by atoms with Gasteiger partial charge in [-0.2, -0.15) is 13.2 Å². The first-order valence-electron chi connectivity index (χ1n) is 8.00. The second kappa shape index (κ2) is 7.84. The highest BCUT2D eigenvalue weighted by Gasteiger charge is 2.33. The van der Waals surface area contributed by atoms with Crippen LogP contribution in [0.1, 0.15) is 20.8 Å². The minimum Gasteiger partial charge on any atom is -0.465 e. The number of aryl methyl sites for hydroxylation is 1. The minimum atomic E-state index is -4.69. The number of anilines is 2. The molecule has 0 spiro atoms. The van der Waals surface area contributed by atoms with Gasteiger partial charge in [-0.1, -0.05) is 0 Å². The van der Waals surface area contributed by atoms with Crippen molar-refractivity contribution in [3.63, 3.8) is 0 Å². The van der Waals surface area contributed by atoms with Gasteiger partial charge in [0.25, 0.3) is 0 Å². The number of nitrogens with one attached hydrogen (secondary N) is 2. The Hall–Kier alpha value is -2.92. The molecule has 3 aromatic rings. The van der Waals surface area contributed by atoms with Crippen molar-refractivity contribution in [2.45, 2.75) is 13.1 Å². The zero-order valence-corrected chi connectivity index (χ0v) is 16.6. The number of rotatable bonds is 3. The number of thiophene rings is 1. The molecule has 0 radical (unpaired) electrons. The molecule has 0 aliphatic rings. The average molecular weight is 442 g/mol. The summed E-state index contributed by atoms with van der Waals surface area (Å²) < 4.78 is 49.0. The van der Waals surface area contributed by atoms with Gasteiger partial charge in [0.05, 0.1) is 18.2 Å². The highest BCUT2D eigenvalue weighted by Crippen LogP contribution is 2.34. The molecular weight excluding hydrogens is 429 g/mol. The number of fused-ring (bicyclic) bond motifs is 1. The van der Waals surface area contributed by atoms with Crippen molar-refractivity contribution < 1.29 is 27.1 Å². The van der Waals surface area contributed by atoms with E-state index in [1.165, 1.54) is 36.6 Å². The molecular formula is C18H13F3N2O4S2. The lowest BCUT2D eigenvalue weighted by Crippen LogP contribution is -2.20. The summed E-state index contributed by atoms with van der Waals surface area (Å²) in [6.45, 7) is 1.81. The summed E-state index contributed by atoms with van der Waals surface area (Å²) in [7, 11) is 1.26. The van der Waals surface area contributed by atoms with Gasteiger partial charge in [0.15, 0.2) is 5.11 Å². The molecule has 152 valence electrons. The van der Waals surface area contributed by atoms with Crippen molar-refractivity contribution in [3.05, 3.63) is 56.8 Å².